The number of nitrogens with one attached hydrogen (secondary N) is 1. The molecule has 1 aromatic carbocycles. The third-order valence-corrected chi connectivity index (χ3v) is 5.57. The molecule has 1 atom stereocenters. The molecule has 2 aliphatic rings. The van der Waals surface area contributed by atoms with Gasteiger partial charge < -0.3 is 20.0 Å². The maximum atomic E-state index is 12.7. The smallest absolute Gasteiger partial charge is 0.321 e. The normalized spacial score (nSPS) is 21.4. The first-order valence-corrected chi connectivity index (χ1v) is 9.60. The second-order valence-corrected chi connectivity index (χ2v) is 7.74. The molecule has 5 nitrogen and oxygen atoms in total. The fourth-order valence-electron chi connectivity index (χ4n) is 4.11. The molecule has 0 unspecified atom stereocenters. The van der Waals surface area contributed by atoms with Crippen LogP contribution >= 0.6 is 0 Å². The number of rotatable bonds is 4. The van der Waals surface area contributed by atoms with Crippen molar-refractivity contribution in [1.29, 1.82) is 0 Å². The third kappa shape index (κ3) is 4.46. The second kappa shape index (κ2) is 8.09. The molecular weight excluding hydrogens is 312 g/mol. The van der Waals surface area contributed by atoms with Crippen molar-refractivity contribution in [2.45, 2.75) is 32.6 Å². The largest absolute Gasteiger partial charge is 0.377 e. The lowest BCUT2D eigenvalue weighted by Gasteiger charge is -2.29. The standard InChI is InChI=1S/C20H32N4O/c1-16-18(8-7-9-19(16)22(2)3)21-20(25)24-13-10-17(15-24)14-23-11-5-4-6-12-23/h7-9,17H,4-6,10-15H2,1-3H3,(H,21,25)/t17-/m1/s1. The summed E-state index contributed by atoms with van der Waals surface area (Å²) in [4.78, 5) is 19.3. The minimum Gasteiger partial charge on any atom is -0.377 e. The van der Waals surface area contributed by atoms with Gasteiger partial charge in [-0.25, -0.2) is 4.79 Å². The minimum absolute atomic E-state index is 0.0418. The van der Waals surface area contributed by atoms with E-state index < -0.39 is 0 Å². The van der Waals surface area contributed by atoms with Gasteiger partial charge in [0.1, 0.15) is 0 Å². The molecule has 2 saturated heterocycles. The number of nitrogens with zero attached hydrogens (tertiary/aromatic N) is 3. The van der Waals surface area contributed by atoms with Gasteiger partial charge in [0.05, 0.1) is 0 Å². The Kier molecular flexibility index (Phi) is 5.84. The average Bonchev–Trinajstić information content (AvgIpc) is 3.06. The molecule has 2 aliphatic heterocycles. The van der Waals surface area contributed by atoms with Gasteiger partial charge in [0.15, 0.2) is 0 Å². The maximum Gasteiger partial charge on any atom is 0.321 e. The zero-order valence-corrected chi connectivity index (χ0v) is 15.9. The van der Waals surface area contributed by atoms with Crippen molar-refractivity contribution in [3.8, 4) is 0 Å². The summed E-state index contributed by atoms with van der Waals surface area (Å²) in [5, 5.41) is 3.12. The van der Waals surface area contributed by atoms with Crippen LogP contribution in [-0.4, -0.2) is 62.7 Å². The molecule has 0 radical (unpaired) electrons. The number of benzene rings is 1. The first-order chi connectivity index (χ1) is 12.0. The first kappa shape index (κ1) is 18.1. The summed E-state index contributed by atoms with van der Waals surface area (Å²) in [6.45, 7) is 7.44. The van der Waals surface area contributed by atoms with E-state index in [9.17, 15) is 4.79 Å². The van der Waals surface area contributed by atoms with E-state index in [1.807, 2.05) is 31.1 Å². The molecule has 2 fully saturated rings. The van der Waals surface area contributed by atoms with Crippen LogP contribution in [0.1, 0.15) is 31.2 Å². The third-order valence-electron chi connectivity index (χ3n) is 5.57. The number of piperidine rings is 1. The predicted molar refractivity (Wildman–Crippen MR) is 104 cm³/mol. The quantitative estimate of drug-likeness (QED) is 0.910. The van der Waals surface area contributed by atoms with Gasteiger partial charge in [0.25, 0.3) is 0 Å². The highest BCUT2D eigenvalue weighted by molar-refractivity contribution is 5.91. The highest BCUT2D eigenvalue weighted by Gasteiger charge is 2.28. The van der Waals surface area contributed by atoms with Gasteiger partial charge in [-0.2, -0.15) is 0 Å². The molecule has 1 aromatic rings. The SMILES string of the molecule is Cc1c(NC(=O)N2CC[C@H](CN3CCCCC3)C2)cccc1N(C)C. The molecular formula is C20H32N4O. The van der Waals surface area contributed by atoms with Crippen LogP contribution in [0.4, 0.5) is 16.2 Å². The zero-order chi connectivity index (χ0) is 17.8. The highest BCUT2D eigenvalue weighted by Crippen LogP contribution is 2.26. The van der Waals surface area contributed by atoms with Crippen molar-refractivity contribution in [3.63, 3.8) is 0 Å². The zero-order valence-electron chi connectivity index (χ0n) is 15.9. The molecule has 0 saturated carbocycles. The molecule has 25 heavy (non-hydrogen) atoms. The lowest BCUT2D eigenvalue weighted by molar-refractivity contribution is 0.192. The number of anilines is 2. The number of hydrogen-bond donors (Lipinski definition) is 1. The number of hydrogen-bond acceptors (Lipinski definition) is 3. The van der Waals surface area contributed by atoms with Crippen LogP contribution in [-0.2, 0) is 0 Å². The minimum atomic E-state index is 0.0418. The van der Waals surface area contributed by atoms with E-state index in [1.165, 1.54) is 32.4 Å². The van der Waals surface area contributed by atoms with E-state index in [0.29, 0.717) is 5.92 Å². The van der Waals surface area contributed by atoms with Crippen molar-refractivity contribution < 1.29 is 4.79 Å². The number of amides is 2. The van der Waals surface area contributed by atoms with Gasteiger partial charge in [0.2, 0.25) is 0 Å². The van der Waals surface area contributed by atoms with E-state index in [0.717, 1.165) is 43.0 Å². The van der Waals surface area contributed by atoms with E-state index >= 15 is 0 Å². The van der Waals surface area contributed by atoms with Crippen LogP contribution in [0.3, 0.4) is 0 Å². The van der Waals surface area contributed by atoms with Crippen molar-refractivity contribution >= 4 is 17.4 Å². The Morgan fingerprint density at radius 3 is 2.68 bits per heavy atom. The van der Waals surface area contributed by atoms with Crippen LogP contribution in [0.2, 0.25) is 0 Å². The lowest BCUT2D eigenvalue weighted by Crippen LogP contribution is -2.37. The van der Waals surface area contributed by atoms with Crippen LogP contribution in [0, 0.1) is 12.8 Å². The van der Waals surface area contributed by atoms with Crippen molar-refractivity contribution in [2.75, 3.05) is 57.0 Å². The Morgan fingerprint density at radius 2 is 1.96 bits per heavy atom. The molecule has 0 aliphatic carbocycles. The van der Waals surface area contributed by atoms with E-state index in [1.54, 1.807) is 0 Å². The summed E-state index contributed by atoms with van der Waals surface area (Å²) >= 11 is 0. The Labute approximate surface area is 152 Å². The van der Waals surface area contributed by atoms with E-state index in [4.69, 9.17) is 0 Å². The fraction of sp³-hybridized carbons (Fsp3) is 0.650. The summed E-state index contributed by atoms with van der Waals surface area (Å²) < 4.78 is 0. The Bertz CT molecular complexity index is 595. The van der Waals surface area contributed by atoms with E-state index in [2.05, 4.69) is 28.1 Å². The van der Waals surface area contributed by atoms with Gasteiger partial charge in [-0.15, -0.1) is 0 Å². The van der Waals surface area contributed by atoms with Crippen LogP contribution in [0.25, 0.3) is 0 Å². The number of carbonyl (C=O) groups is 1. The average molecular weight is 345 g/mol. The lowest BCUT2D eigenvalue weighted by atomic mass is 10.1. The summed E-state index contributed by atoms with van der Waals surface area (Å²) in [6.07, 6.45) is 5.17. The molecule has 0 spiro atoms. The molecule has 3 rings (SSSR count). The van der Waals surface area contributed by atoms with Crippen molar-refractivity contribution in [3.05, 3.63) is 23.8 Å². The van der Waals surface area contributed by atoms with Gasteiger partial charge in [-0.1, -0.05) is 12.5 Å². The molecule has 0 aromatic heterocycles. The highest BCUT2D eigenvalue weighted by atomic mass is 16.2. The Morgan fingerprint density at radius 1 is 1.20 bits per heavy atom. The Balaban J connectivity index is 1.55. The van der Waals surface area contributed by atoms with Gasteiger partial charge in [-0.3, -0.25) is 0 Å². The fourth-order valence-corrected chi connectivity index (χ4v) is 4.11. The summed E-state index contributed by atoms with van der Waals surface area (Å²) in [6, 6.07) is 6.11. The number of likely N-dealkylation sites (tertiary alicyclic amines) is 2. The van der Waals surface area contributed by atoms with Crippen LogP contribution in [0.5, 0.6) is 0 Å². The molecule has 2 amide bonds. The molecule has 0 bridgehead atoms. The summed E-state index contributed by atoms with van der Waals surface area (Å²) in [7, 11) is 4.05. The van der Waals surface area contributed by atoms with Gasteiger partial charge in [-0.05, 0) is 62.9 Å². The summed E-state index contributed by atoms with van der Waals surface area (Å²) in [5.41, 5.74) is 3.17. The van der Waals surface area contributed by atoms with Crippen molar-refractivity contribution in [2.24, 2.45) is 5.92 Å². The second-order valence-electron chi connectivity index (χ2n) is 7.74. The molecule has 2 heterocycles. The number of urea groups is 1. The molecule has 138 valence electrons. The first-order valence-electron chi connectivity index (χ1n) is 9.60. The van der Waals surface area contributed by atoms with E-state index in [-0.39, 0.29) is 6.03 Å². The summed E-state index contributed by atoms with van der Waals surface area (Å²) in [5.74, 6) is 0.623. The molecule has 5 heteroatoms. The van der Waals surface area contributed by atoms with Crippen LogP contribution in [0.15, 0.2) is 18.2 Å². The topological polar surface area (TPSA) is 38.8 Å². The maximum absolute atomic E-state index is 12.7. The Hall–Kier alpha value is -1.75. The predicted octanol–water partition coefficient (Wildman–Crippen LogP) is 3.40. The monoisotopic (exact) mass is 344 g/mol. The number of carbonyl (C=O) groups excluding carboxylic acids is 1. The van der Waals surface area contributed by atoms with Crippen molar-refractivity contribution in [1.82, 2.24) is 9.80 Å². The van der Waals surface area contributed by atoms with Gasteiger partial charge >= 0.3 is 6.03 Å². The van der Waals surface area contributed by atoms with Crippen LogP contribution < -0.4 is 10.2 Å². The van der Waals surface area contributed by atoms with Gasteiger partial charge in [0, 0.05) is 45.1 Å². The molecule has 1 N–H and O–H groups in total.